The van der Waals surface area contributed by atoms with Crippen molar-refractivity contribution < 1.29 is 9.90 Å². The van der Waals surface area contributed by atoms with Crippen LogP contribution in [0.15, 0.2) is 11.4 Å². The Balaban J connectivity index is 2.21. The van der Waals surface area contributed by atoms with Gasteiger partial charge in [-0.1, -0.05) is 23.4 Å². The molecule has 7 heteroatoms. The monoisotopic (exact) mass is 315 g/mol. The number of rotatable bonds is 6. The minimum Gasteiger partial charge on any atom is -0.396 e. The Kier molecular flexibility index (Phi) is 5.63. The van der Waals surface area contributed by atoms with Gasteiger partial charge >= 0.3 is 0 Å². The number of halogens is 1. The quantitative estimate of drug-likeness (QED) is 0.644. The van der Waals surface area contributed by atoms with Gasteiger partial charge in [0.2, 0.25) is 0 Å². The van der Waals surface area contributed by atoms with Gasteiger partial charge in [-0.25, -0.2) is 9.97 Å². The molecule has 2 rings (SSSR count). The number of thioether (sulfide) groups is 1. The molecule has 1 aliphatic rings. The van der Waals surface area contributed by atoms with Crippen LogP contribution >= 0.6 is 23.4 Å². The van der Waals surface area contributed by atoms with E-state index in [4.69, 9.17) is 16.7 Å². The number of hydrogen-bond donors (Lipinski definition) is 1. The summed E-state index contributed by atoms with van der Waals surface area (Å²) >= 11 is 7.44. The third kappa shape index (κ3) is 3.42. The number of aromatic nitrogens is 2. The number of hydrogen-bond acceptors (Lipinski definition) is 5. The molecule has 20 heavy (non-hydrogen) atoms. The number of aliphatic hydroxyl groups excluding tert-OH is 1. The molecular formula is C13H18ClN3O2S. The van der Waals surface area contributed by atoms with Crippen LogP contribution in [-0.2, 0) is 0 Å². The summed E-state index contributed by atoms with van der Waals surface area (Å²) in [6.45, 7) is 0.610. The Labute approximate surface area is 127 Å². The van der Waals surface area contributed by atoms with Crippen LogP contribution in [-0.4, -0.2) is 51.3 Å². The van der Waals surface area contributed by atoms with Crippen molar-refractivity contribution in [1.29, 1.82) is 0 Å². The van der Waals surface area contributed by atoms with Gasteiger partial charge in [0.25, 0.3) is 5.91 Å². The number of nitrogens with zero attached hydrogens (tertiary/aromatic N) is 3. The molecule has 1 aliphatic carbocycles. The van der Waals surface area contributed by atoms with Gasteiger partial charge in [-0.05, 0) is 31.9 Å². The van der Waals surface area contributed by atoms with E-state index in [1.807, 2.05) is 6.26 Å². The summed E-state index contributed by atoms with van der Waals surface area (Å²) in [7, 11) is 0. The molecule has 5 nitrogen and oxygen atoms in total. The highest BCUT2D eigenvalue weighted by Crippen LogP contribution is 2.27. The van der Waals surface area contributed by atoms with Crippen molar-refractivity contribution in [1.82, 2.24) is 14.9 Å². The van der Waals surface area contributed by atoms with E-state index in [1.54, 1.807) is 4.90 Å². The molecule has 1 heterocycles. The maximum atomic E-state index is 12.6. The average Bonchev–Trinajstić information content (AvgIpc) is 2.41. The molecule has 1 amide bonds. The molecule has 0 saturated heterocycles. The zero-order valence-corrected chi connectivity index (χ0v) is 13.0. The highest BCUT2D eigenvalue weighted by atomic mass is 35.5. The number of carbonyl (C=O) groups is 1. The normalized spacial score (nSPS) is 14.9. The number of carbonyl (C=O) groups excluding carboxylic acids is 1. The van der Waals surface area contributed by atoms with Crippen LogP contribution in [0.2, 0.25) is 5.02 Å². The van der Waals surface area contributed by atoms with Crippen molar-refractivity contribution in [3.63, 3.8) is 0 Å². The van der Waals surface area contributed by atoms with Gasteiger partial charge < -0.3 is 10.0 Å². The summed E-state index contributed by atoms with van der Waals surface area (Å²) in [6, 6.07) is 0.248. The zero-order valence-electron chi connectivity index (χ0n) is 11.4. The lowest BCUT2D eigenvalue weighted by Crippen LogP contribution is -2.45. The van der Waals surface area contributed by atoms with Crippen LogP contribution in [0.5, 0.6) is 0 Å². The lowest BCUT2D eigenvalue weighted by molar-refractivity contribution is 0.0555. The second-order valence-electron chi connectivity index (χ2n) is 4.71. The molecule has 1 fully saturated rings. The van der Waals surface area contributed by atoms with E-state index in [0.717, 1.165) is 19.3 Å². The fourth-order valence-corrected chi connectivity index (χ4v) is 2.64. The first-order valence-electron chi connectivity index (χ1n) is 6.65. The van der Waals surface area contributed by atoms with Crippen LogP contribution in [0.4, 0.5) is 0 Å². The zero-order chi connectivity index (χ0) is 14.5. The smallest absolute Gasteiger partial charge is 0.274 e. The van der Waals surface area contributed by atoms with Crippen LogP contribution in [0.3, 0.4) is 0 Å². The maximum Gasteiger partial charge on any atom is 0.274 e. The van der Waals surface area contributed by atoms with Crippen molar-refractivity contribution in [2.24, 2.45) is 0 Å². The van der Waals surface area contributed by atoms with E-state index in [0.29, 0.717) is 18.1 Å². The molecule has 1 N–H and O–H groups in total. The molecule has 0 spiro atoms. The molecule has 110 valence electrons. The molecule has 0 atom stereocenters. The third-order valence-electron chi connectivity index (χ3n) is 3.44. The van der Waals surface area contributed by atoms with Gasteiger partial charge in [-0.15, -0.1) is 0 Å². The second-order valence-corrected chi connectivity index (χ2v) is 5.89. The van der Waals surface area contributed by atoms with Crippen molar-refractivity contribution >= 4 is 29.3 Å². The minimum absolute atomic E-state index is 0.0735. The van der Waals surface area contributed by atoms with Crippen molar-refractivity contribution in [3.8, 4) is 0 Å². The molecule has 0 radical (unpaired) electrons. The first-order valence-corrected chi connectivity index (χ1v) is 8.26. The molecule has 0 aromatic carbocycles. The summed E-state index contributed by atoms with van der Waals surface area (Å²) in [5, 5.41) is 9.80. The predicted octanol–water partition coefficient (Wildman–Crippen LogP) is 2.23. The van der Waals surface area contributed by atoms with E-state index in [-0.39, 0.29) is 29.3 Å². The second kappa shape index (κ2) is 7.24. The van der Waals surface area contributed by atoms with Gasteiger partial charge in [0.05, 0.1) is 11.2 Å². The summed E-state index contributed by atoms with van der Waals surface area (Å²) in [6.07, 6.45) is 7.05. The van der Waals surface area contributed by atoms with Crippen molar-refractivity contribution in [3.05, 3.63) is 16.9 Å². The Hall–Kier alpha value is -0.850. The molecule has 1 saturated carbocycles. The average molecular weight is 316 g/mol. The number of aliphatic hydroxyl groups is 1. The highest BCUT2D eigenvalue weighted by Gasteiger charge is 2.30. The summed E-state index contributed by atoms with van der Waals surface area (Å²) in [4.78, 5) is 22.7. The van der Waals surface area contributed by atoms with Gasteiger partial charge in [-0.2, -0.15) is 0 Å². The lowest BCUT2D eigenvalue weighted by Gasteiger charge is -2.37. The topological polar surface area (TPSA) is 66.3 Å². The summed E-state index contributed by atoms with van der Waals surface area (Å²) < 4.78 is 0. The number of amides is 1. The first kappa shape index (κ1) is 15.5. The van der Waals surface area contributed by atoms with Gasteiger partial charge in [0.1, 0.15) is 0 Å². The van der Waals surface area contributed by atoms with Crippen LogP contribution in [0, 0.1) is 0 Å². The minimum atomic E-state index is -0.161. The SMILES string of the molecule is CSc1ncc(Cl)c(C(=O)N(CCCO)C2CCC2)n1. The van der Waals surface area contributed by atoms with Gasteiger partial charge in [-0.3, -0.25) is 4.79 Å². The van der Waals surface area contributed by atoms with Crippen molar-refractivity contribution in [2.75, 3.05) is 19.4 Å². The predicted molar refractivity (Wildman–Crippen MR) is 79.2 cm³/mol. The van der Waals surface area contributed by atoms with E-state index < -0.39 is 0 Å². The molecule has 1 aromatic heterocycles. The summed E-state index contributed by atoms with van der Waals surface area (Å²) in [5.41, 5.74) is 0.260. The summed E-state index contributed by atoms with van der Waals surface area (Å²) in [5.74, 6) is -0.161. The van der Waals surface area contributed by atoms with Gasteiger partial charge in [0.15, 0.2) is 10.9 Å². The van der Waals surface area contributed by atoms with Crippen LogP contribution in [0.1, 0.15) is 36.2 Å². The Morgan fingerprint density at radius 1 is 1.60 bits per heavy atom. The van der Waals surface area contributed by atoms with Crippen LogP contribution in [0.25, 0.3) is 0 Å². The molecule has 0 bridgehead atoms. The standard InChI is InChI=1S/C13H18ClN3O2S/c1-20-13-15-8-10(14)11(16-13)12(19)17(6-3-7-18)9-4-2-5-9/h8-9,18H,2-7H2,1H3. The largest absolute Gasteiger partial charge is 0.396 e. The fraction of sp³-hybridized carbons (Fsp3) is 0.615. The molecule has 0 aliphatic heterocycles. The molecule has 0 unspecified atom stereocenters. The lowest BCUT2D eigenvalue weighted by atomic mass is 9.91. The van der Waals surface area contributed by atoms with E-state index in [9.17, 15) is 4.79 Å². The van der Waals surface area contributed by atoms with E-state index in [2.05, 4.69) is 9.97 Å². The first-order chi connectivity index (χ1) is 9.67. The third-order valence-corrected chi connectivity index (χ3v) is 4.28. The fourth-order valence-electron chi connectivity index (χ4n) is 2.12. The highest BCUT2D eigenvalue weighted by molar-refractivity contribution is 7.98. The van der Waals surface area contributed by atoms with Crippen molar-refractivity contribution in [2.45, 2.75) is 36.9 Å². The van der Waals surface area contributed by atoms with Crippen LogP contribution < -0.4 is 0 Å². The molecular weight excluding hydrogens is 298 g/mol. The Morgan fingerprint density at radius 3 is 2.90 bits per heavy atom. The Bertz CT molecular complexity index is 483. The van der Waals surface area contributed by atoms with Gasteiger partial charge in [0, 0.05) is 19.2 Å². The van der Waals surface area contributed by atoms with E-state index >= 15 is 0 Å². The maximum absolute atomic E-state index is 12.6. The Morgan fingerprint density at radius 2 is 2.35 bits per heavy atom. The molecule has 1 aromatic rings. The van der Waals surface area contributed by atoms with E-state index in [1.165, 1.54) is 18.0 Å².